The molecular formula is C20H17ClN2O4S. The second-order valence-electron chi connectivity index (χ2n) is 5.63. The third kappa shape index (κ3) is 4.27. The molecule has 0 spiro atoms. The number of hydrogen-bond acceptors (Lipinski definition) is 5. The van der Waals surface area contributed by atoms with Crippen molar-refractivity contribution in [1.82, 2.24) is 10.9 Å². The van der Waals surface area contributed by atoms with Crippen molar-refractivity contribution in [3.63, 3.8) is 0 Å². The molecule has 3 aromatic rings. The summed E-state index contributed by atoms with van der Waals surface area (Å²) < 4.78 is 10.5. The van der Waals surface area contributed by atoms with Gasteiger partial charge in [-0.3, -0.25) is 20.4 Å². The lowest BCUT2D eigenvalue weighted by Gasteiger charge is -2.10. The average molecular weight is 417 g/mol. The molecule has 0 aliphatic rings. The molecule has 0 bridgehead atoms. The van der Waals surface area contributed by atoms with Crippen LogP contribution in [0.3, 0.4) is 0 Å². The van der Waals surface area contributed by atoms with Crippen LogP contribution in [0.15, 0.2) is 54.6 Å². The summed E-state index contributed by atoms with van der Waals surface area (Å²) in [7, 11) is 2.92. The fourth-order valence-corrected chi connectivity index (χ4v) is 3.71. The minimum Gasteiger partial charge on any atom is -0.496 e. The molecule has 1 aromatic heterocycles. The number of amides is 2. The molecule has 2 N–H and O–H groups in total. The van der Waals surface area contributed by atoms with Gasteiger partial charge in [-0.05, 0) is 29.8 Å². The summed E-state index contributed by atoms with van der Waals surface area (Å²) in [4.78, 5) is 26.2. The molecule has 0 aliphatic carbocycles. The van der Waals surface area contributed by atoms with Gasteiger partial charge >= 0.3 is 0 Å². The first kappa shape index (κ1) is 19.7. The van der Waals surface area contributed by atoms with Gasteiger partial charge in [-0.15, -0.1) is 11.3 Å². The van der Waals surface area contributed by atoms with Crippen LogP contribution in [0.5, 0.6) is 11.5 Å². The number of halogens is 1. The van der Waals surface area contributed by atoms with Crippen molar-refractivity contribution < 1.29 is 19.1 Å². The fraction of sp³-hybridized carbons (Fsp3) is 0.100. The Kier molecular flexibility index (Phi) is 6.18. The van der Waals surface area contributed by atoms with Crippen molar-refractivity contribution >= 4 is 34.8 Å². The third-order valence-corrected chi connectivity index (χ3v) is 5.28. The van der Waals surface area contributed by atoms with Crippen molar-refractivity contribution in [1.29, 1.82) is 0 Å². The molecule has 2 amide bonds. The van der Waals surface area contributed by atoms with Crippen LogP contribution in [0, 0.1) is 0 Å². The Balaban J connectivity index is 1.75. The van der Waals surface area contributed by atoms with Crippen molar-refractivity contribution in [3.8, 4) is 21.9 Å². The molecule has 0 atom stereocenters. The average Bonchev–Trinajstić information content (AvgIpc) is 3.17. The van der Waals surface area contributed by atoms with Crippen LogP contribution in [-0.2, 0) is 0 Å². The number of methoxy groups -OCH3 is 2. The van der Waals surface area contributed by atoms with E-state index >= 15 is 0 Å². The van der Waals surface area contributed by atoms with Crippen molar-refractivity contribution in [2.75, 3.05) is 14.2 Å². The van der Waals surface area contributed by atoms with Crippen LogP contribution in [0.2, 0.25) is 5.02 Å². The zero-order chi connectivity index (χ0) is 20.1. The molecule has 3 rings (SSSR count). The number of rotatable bonds is 5. The lowest BCUT2D eigenvalue weighted by molar-refractivity contribution is 0.0845. The predicted molar refractivity (Wildman–Crippen MR) is 109 cm³/mol. The largest absolute Gasteiger partial charge is 0.496 e. The molecular weight excluding hydrogens is 400 g/mol. The van der Waals surface area contributed by atoms with Crippen molar-refractivity contribution in [2.45, 2.75) is 0 Å². The molecule has 28 heavy (non-hydrogen) atoms. The Hall–Kier alpha value is -3.03. The lowest BCUT2D eigenvalue weighted by Crippen LogP contribution is -2.41. The summed E-state index contributed by atoms with van der Waals surface area (Å²) >= 11 is 7.17. The molecule has 0 radical (unpaired) electrons. The first-order valence-corrected chi connectivity index (χ1v) is 9.40. The second-order valence-corrected chi connectivity index (χ2v) is 7.12. The second kappa shape index (κ2) is 8.77. The van der Waals surface area contributed by atoms with E-state index in [-0.39, 0.29) is 5.56 Å². The minimum absolute atomic E-state index is 0.246. The summed E-state index contributed by atoms with van der Waals surface area (Å²) in [6, 6.07) is 16.0. The van der Waals surface area contributed by atoms with Crippen molar-refractivity contribution in [2.24, 2.45) is 0 Å². The van der Waals surface area contributed by atoms with Crippen LogP contribution in [0.25, 0.3) is 10.4 Å². The van der Waals surface area contributed by atoms with Gasteiger partial charge in [-0.2, -0.15) is 0 Å². The van der Waals surface area contributed by atoms with Gasteiger partial charge in [-0.25, -0.2) is 0 Å². The van der Waals surface area contributed by atoms with Gasteiger partial charge < -0.3 is 9.47 Å². The van der Waals surface area contributed by atoms with E-state index in [1.54, 1.807) is 12.1 Å². The molecule has 0 saturated heterocycles. The van der Waals surface area contributed by atoms with Gasteiger partial charge in [0, 0.05) is 9.90 Å². The molecule has 6 nitrogen and oxygen atoms in total. The highest BCUT2D eigenvalue weighted by molar-refractivity contribution is 7.17. The van der Waals surface area contributed by atoms with Gasteiger partial charge in [0.25, 0.3) is 11.8 Å². The van der Waals surface area contributed by atoms with Gasteiger partial charge in [0.2, 0.25) is 0 Å². The Morgan fingerprint density at radius 1 is 0.893 bits per heavy atom. The van der Waals surface area contributed by atoms with Crippen LogP contribution in [0.1, 0.15) is 20.0 Å². The Morgan fingerprint density at radius 3 is 2.25 bits per heavy atom. The smallest absolute Gasteiger partial charge is 0.283 e. The molecule has 2 aromatic carbocycles. The summed E-state index contributed by atoms with van der Waals surface area (Å²) in [5.74, 6) is -0.273. The standard InChI is InChI=1S/C20H17ClN2O4S/c1-26-15-10-13(21)8-9-14(15)19(24)22-23-20(25)18-16(27-2)11-17(28-18)12-6-4-3-5-7-12/h3-11H,1-2H3,(H,22,24)(H,23,25). The van der Waals surface area contributed by atoms with E-state index < -0.39 is 11.8 Å². The Labute approximate surface area is 171 Å². The van der Waals surface area contributed by atoms with E-state index in [9.17, 15) is 9.59 Å². The zero-order valence-corrected chi connectivity index (χ0v) is 16.7. The van der Waals surface area contributed by atoms with Crippen LogP contribution in [0.4, 0.5) is 0 Å². The van der Waals surface area contributed by atoms with E-state index in [2.05, 4.69) is 10.9 Å². The molecule has 0 aliphatic heterocycles. The normalized spacial score (nSPS) is 10.2. The van der Waals surface area contributed by atoms with Gasteiger partial charge in [0.05, 0.1) is 19.8 Å². The Morgan fingerprint density at radius 2 is 1.57 bits per heavy atom. The molecule has 1 heterocycles. The molecule has 0 fully saturated rings. The van der Waals surface area contributed by atoms with E-state index in [1.165, 1.54) is 37.7 Å². The van der Waals surface area contributed by atoms with Crippen LogP contribution < -0.4 is 20.3 Å². The zero-order valence-electron chi connectivity index (χ0n) is 15.1. The fourth-order valence-electron chi connectivity index (χ4n) is 2.52. The number of carbonyl (C=O) groups excluding carboxylic acids is 2. The number of hydrazine groups is 1. The third-order valence-electron chi connectivity index (χ3n) is 3.88. The Bertz CT molecular complexity index is 1000. The monoisotopic (exact) mass is 416 g/mol. The number of benzene rings is 2. The van der Waals surface area contributed by atoms with Crippen LogP contribution >= 0.6 is 22.9 Å². The minimum atomic E-state index is -0.527. The molecule has 0 unspecified atom stereocenters. The van der Waals surface area contributed by atoms with E-state index in [0.717, 1.165) is 10.4 Å². The highest BCUT2D eigenvalue weighted by atomic mass is 35.5. The van der Waals surface area contributed by atoms with E-state index in [0.29, 0.717) is 21.4 Å². The highest BCUT2D eigenvalue weighted by Crippen LogP contribution is 2.36. The van der Waals surface area contributed by atoms with Gasteiger partial charge in [-0.1, -0.05) is 41.9 Å². The van der Waals surface area contributed by atoms with E-state index in [1.807, 2.05) is 30.3 Å². The number of thiophene rings is 1. The molecule has 144 valence electrons. The number of hydrogen-bond donors (Lipinski definition) is 2. The summed E-state index contributed by atoms with van der Waals surface area (Å²) in [5.41, 5.74) is 6.01. The number of ether oxygens (including phenoxy) is 2. The maximum atomic E-state index is 12.6. The first-order valence-electron chi connectivity index (χ1n) is 8.21. The molecule has 0 saturated carbocycles. The van der Waals surface area contributed by atoms with Crippen molar-refractivity contribution in [3.05, 3.63) is 70.1 Å². The maximum Gasteiger partial charge on any atom is 0.283 e. The summed E-state index contributed by atoms with van der Waals surface area (Å²) in [5, 5.41) is 0.439. The number of nitrogens with one attached hydrogen (secondary N) is 2. The summed E-state index contributed by atoms with van der Waals surface area (Å²) in [6.45, 7) is 0. The number of carbonyl (C=O) groups is 2. The first-order chi connectivity index (χ1) is 13.5. The lowest BCUT2D eigenvalue weighted by atomic mass is 10.2. The summed E-state index contributed by atoms with van der Waals surface area (Å²) in [6.07, 6.45) is 0. The van der Waals surface area contributed by atoms with E-state index in [4.69, 9.17) is 21.1 Å². The highest BCUT2D eigenvalue weighted by Gasteiger charge is 2.19. The SMILES string of the molecule is COc1cc(Cl)ccc1C(=O)NNC(=O)c1sc(-c2ccccc2)cc1OC. The topological polar surface area (TPSA) is 76.7 Å². The van der Waals surface area contributed by atoms with Gasteiger partial charge in [0.15, 0.2) is 0 Å². The predicted octanol–water partition coefficient (Wildman–Crippen LogP) is 4.16. The quantitative estimate of drug-likeness (QED) is 0.612. The molecule has 8 heteroatoms. The maximum absolute atomic E-state index is 12.6. The van der Waals surface area contributed by atoms with Crippen LogP contribution in [-0.4, -0.2) is 26.0 Å². The van der Waals surface area contributed by atoms with Gasteiger partial charge in [0.1, 0.15) is 16.4 Å².